The quantitative estimate of drug-likeness (QED) is 0.505. The van der Waals surface area contributed by atoms with Crippen molar-refractivity contribution in [3.05, 3.63) is 29.6 Å². The van der Waals surface area contributed by atoms with E-state index in [9.17, 15) is 4.39 Å². The van der Waals surface area contributed by atoms with Crippen LogP contribution in [0.5, 0.6) is 5.75 Å². The molecule has 1 aliphatic heterocycles. The molecule has 0 unspecified atom stereocenters. The predicted octanol–water partition coefficient (Wildman–Crippen LogP) is 1.11. The summed E-state index contributed by atoms with van der Waals surface area (Å²) in [4.78, 5) is 0. The van der Waals surface area contributed by atoms with Gasteiger partial charge in [0.05, 0.1) is 12.6 Å². The molecule has 0 saturated carbocycles. The molecule has 13 heavy (non-hydrogen) atoms. The van der Waals surface area contributed by atoms with Crippen molar-refractivity contribution in [1.29, 1.82) is 0 Å². The van der Waals surface area contributed by atoms with Gasteiger partial charge in [0, 0.05) is 12.0 Å². The fourth-order valence-electron chi connectivity index (χ4n) is 1.54. The molecule has 0 spiro atoms. The molecule has 4 heteroatoms. The number of halogens is 1. The topological polar surface area (TPSA) is 47.3 Å². The van der Waals surface area contributed by atoms with E-state index in [2.05, 4.69) is 5.43 Å². The van der Waals surface area contributed by atoms with Crippen LogP contribution in [0.25, 0.3) is 0 Å². The van der Waals surface area contributed by atoms with Crippen LogP contribution in [0.2, 0.25) is 0 Å². The summed E-state index contributed by atoms with van der Waals surface area (Å²) in [6, 6.07) is 4.48. The smallest absolute Gasteiger partial charge is 0.124 e. The molecular formula is C9H11FN2O. The monoisotopic (exact) mass is 182 g/mol. The summed E-state index contributed by atoms with van der Waals surface area (Å²) in [5, 5.41) is 0. The Morgan fingerprint density at radius 3 is 3.15 bits per heavy atom. The van der Waals surface area contributed by atoms with E-state index < -0.39 is 0 Å². The first kappa shape index (κ1) is 8.47. The van der Waals surface area contributed by atoms with E-state index in [0.29, 0.717) is 6.61 Å². The summed E-state index contributed by atoms with van der Waals surface area (Å²) in [5.41, 5.74) is 3.44. The van der Waals surface area contributed by atoms with E-state index >= 15 is 0 Å². The Morgan fingerprint density at radius 2 is 2.38 bits per heavy atom. The van der Waals surface area contributed by atoms with E-state index in [1.165, 1.54) is 12.1 Å². The predicted molar refractivity (Wildman–Crippen MR) is 46.6 cm³/mol. The molecule has 3 N–H and O–H groups in total. The number of nitrogens with one attached hydrogen (secondary N) is 1. The minimum atomic E-state index is -0.260. The Bertz CT molecular complexity index is 316. The van der Waals surface area contributed by atoms with Crippen LogP contribution in [0.4, 0.5) is 4.39 Å². The van der Waals surface area contributed by atoms with Crippen LogP contribution < -0.4 is 16.0 Å². The third-order valence-electron chi connectivity index (χ3n) is 2.21. The molecule has 0 amide bonds. The molecular weight excluding hydrogens is 171 g/mol. The van der Waals surface area contributed by atoms with Gasteiger partial charge >= 0.3 is 0 Å². The van der Waals surface area contributed by atoms with Gasteiger partial charge in [-0.25, -0.2) is 4.39 Å². The van der Waals surface area contributed by atoms with E-state index in [0.717, 1.165) is 17.7 Å². The highest BCUT2D eigenvalue weighted by molar-refractivity contribution is 5.37. The molecule has 1 aromatic rings. The Balaban J connectivity index is 2.41. The first-order valence-corrected chi connectivity index (χ1v) is 4.19. The second kappa shape index (κ2) is 3.32. The maximum atomic E-state index is 12.9. The van der Waals surface area contributed by atoms with Crippen LogP contribution in [-0.2, 0) is 0 Å². The summed E-state index contributed by atoms with van der Waals surface area (Å²) >= 11 is 0. The fraction of sp³-hybridized carbons (Fsp3) is 0.333. The maximum Gasteiger partial charge on any atom is 0.124 e. The minimum Gasteiger partial charge on any atom is -0.493 e. The molecule has 1 aliphatic rings. The van der Waals surface area contributed by atoms with E-state index in [1.54, 1.807) is 6.07 Å². The van der Waals surface area contributed by atoms with Crippen molar-refractivity contribution < 1.29 is 9.13 Å². The van der Waals surface area contributed by atoms with Crippen molar-refractivity contribution in [2.45, 2.75) is 12.5 Å². The van der Waals surface area contributed by atoms with Gasteiger partial charge in [-0.15, -0.1) is 0 Å². The molecule has 0 fully saturated rings. The molecule has 0 bridgehead atoms. The van der Waals surface area contributed by atoms with E-state index in [-0.39, 0.29) is 11.9 Å². The van der Waals surface area contributed by atoms with Crippen LogP contribution in [0.3, 0.4) is 0 Å². The normalized spacial score (nSPS) is 20.6. The Kier molecular flexibility index (Phi) is 2.16. The third-order valence-corrected chi connectivity index (χ3v) is 2.21. The first-order chi connectivity index (χ1) is 6.31. The van der Waals surface area contributed by atoms with Gasteiger partial charge in [0.2, 0.25) is 0 Å². The summed E-state index contributed by atoms with van der Waals surface area (Å²) in [7, 11) is 0. The Hall–Kier alpha value is -1.13. The average molecular weight is 182 g/mol. The van der Waals surface area contributed by atoms with Gasteiger partial charge in [-0.05, 0) is 18.2 Å². The molecule has 70 valence electrons. The highest BCUT2D eigenvalue weighted by Crippen LogP contribution is 2.31. The van der Waals surface area contributed by atoms with Gasteiger partial charge < -0.3 is 4.74 Å². The summed E-state index contributed by atoms with van der Waals surface area (Å²) in [6.07, 6.45) is 0.771. The SMILES string of the molecule is NN[C@H]1CCOc2ccc(F)cc21. The maximum absolute atomic E-state index is 12.9. The second-order valence-corrected chi connectivity index (χ2v) is 3.04. The van der Waals surface area contributed by atoms with Crippen molar-refractivity contribution in [2.24, 2.45) is 5.84 Å². The lowest BCUT2D eigenvalue weighted by Gasteiger charge is -2.24. The number of hydrogen-bond donors (Lipinski definition) is 2. The molecule has 0 aromatic heterocycles. The number of ether oxygens (including phenoxy) is 1. The standard InChI is InChI=1S/C9H11FN2O/c10-6-1-2-9-7(5-6)8(12-11)3-4-13-9/h1-2,5,8,12H,3-4,11H2/t8-/m0/s1. The van der Waals surface area contributed by atoms with Crippen LogP contribution in [-0.4, -0.2) is 6.61 Å². The van der Waals surface area contributed by atoms with Gasteiger partial charge in [0.1, 0.15) is 11.6 Å². The van der Waals surface area contributed by atoms with Gasteiger partial charge in [-0.3, -0.25) is 11.3 Å². The Labute approximate surface area is 75.7 Å². The van der Waals surface area contributed by atoms with Crippen molar-refractivity contribution in [1.82, 2.24) is 5.43 Å². The summed E-state index contributed by atoms with van der Waals surface area (Å²) in [5.74, 6) is 5.80. The number of nitrogens with two attached hydrogens (primary N) is 1. The lowest BCUT2D eigenvalue weighted by Crippen LogP contribution is -2.32. The molecule has 1 heterocycles. The van der Waals surface area contributed by atoms with E-state index in [4.69, 9.17) is 10.6 Å². The zero-order valence-corrected chi connectivity index (χ0v) is 7.09. The molecule has 0 radical (unpaired) electrons. The van der Waals surface area contributed by atoms with Crippen LogP contribution in [0, 0.1) is 5.82 Å². The highest BCUT2D eigenvalue weighted by atomic mass is 19.1. The molecule has 1 aromatic carbocycles. The van der Waals surface area contributed by atoms with Crippen molar-refractivity contribution in [3.8, 4) is 5.75 Å². The van der Waals surface area contributed by atoms with Crippen LogP contribution in [0.15, 0.2) is 18.2 Å². The number of hydrogen-bond acceptors (Lipinski definition) is 3. The number of benzene rings is 1. The lowest BCUT2D eigenvalue weighted by atomic mass is 10.0. The third kappa shape index (κ3) is 1.50. The van der Waals surface area contributed by atoms with Gasteiger partial charge in [0.15, 0.2) is 0 Å². The molecule has 3 nitrogen and oxygen atoms in total. The highest BCUT2D eigenvalue weighted by Gasteiger charge is 2.20. The van der Waals surface area contributed by atoms with Crippen molar-refractivity contribution in [2.75, 3.05) is 6.61 Å². The zero-order valence-electron chi connectivity index (χ0n) is 7.09. The molecule has 0 saturated heterocycles. The molecule has 2 rings (SSSR count). The first-order valence-electron chi connectivity index (χ1n) is 4.19. The summed E-state index contributed by atoms with van der Waals surface area (Å²) < 4.78 is 18.2. The fourth-order valence-corrected chi connectivity index (χ4v) is 1.54. The number of rotatable bonds is 1. The zero-order chi connectivity index (χ0) is 9.26. The van der Waals surface area contributed by atoms with Crippen LogP contribution >= 0.6 is 0 Å². The molecule has 1 atom stereocenters. The van der Waals surface area contributed by atoms with Gasteiger partial charge in [0.25, 0.3) is 0 Å². The van der Waals surface area contributed by atoms with Crippen molar-refractivity contribution in [3.63, 3.8) is 0 Å². The van der Waals surface area contributed by atoms with E-state index in [1.807, 2.05) is 0 Å². The Morgan fingerprint density at radius 1 is 1.54 bits per heavy atom. The van der Waals surface area contributed by atoms with Gasteiger partial charge in [-0.2, -0.15) is 0 Å². The van der Waals surface area contributed by atoms with Crippen molar-refractivity contribution >= 4 is 0 Å². The summed E-state index contributed by atoms with van der Waals surface area (Å²) in [6.45, 7) is 0.619. The van der Waals surface area contributed by atoms with Crippen LogP contribution in [0.1, 0.15) is 18.0 Å². The molecule has 0 aliphatic carbocycles. The second-order valence-electron chi connectivity index (χ2n) is 3.04. The van der Waals surface area contributed by atoms with Gasteiger partial charge in [-0.1, -0.05) is 0 Å². The largest absolute Gasteiger partial charge is 0.493 e. The average Bonchev–Trinajstić information content (AvgIpc) is 2.17. The number of fused-ring (bicyclic) bond motifs is 1. The number of hydrazine groups is 1. The minimum absolute atomic E-state index is 0.000509. The lowest BCUT2D eigenvalue weighted by molar-refractivity contribution is 0.253.